The molecule has 0 spiro atoms. The van der Waals surface area contributed by atoms with Crippen molar-refractivity contribution in [3.63, 3.8) is 0 Å². The van der Waals surface area contributed by atoms with Crippen molar-refractivity contribution in [3.05, 3.63) is 35.4 Å². The molecule has 1 saturated heterocycles. The van der Waals surface area contributed by atoms with Crippen molar-refractivity contribution in [2.75, 3.05) is 6.54 Å². The van der Waals surface area contributed by atoms with E-state index >= 15 is 0 Å². The number of imide groups is 1. The first-order chi connectivity index (χ1) is 9.65. The molecule has 1 aliphatic carbocycles. The van der Waals surface area contributed by atoms with Crippen molar-refractivity contribution in [1.82, 2.24) is 9.80 Å². The Morgan fingerprint density at radius 3 is 2.40 bits per heavy atom. The molecule has 1 aliphatic heterocycles. The van der Waals surface area contributed by atoms with E-state index in [-0.39, 0.29) is 24.5 Å². The predicted molar refractivity (Wildman–Crippen MR) is 76.1 cm³/mol. The van der Waals surface area contributed by atoms with E-state index in [1.807, 2.05) is 31.2 Å². The predicted octanol–water partition coefficient (Wildman–Crippen LogP) is 2.70. The molecule has 0 atom stereocenters. The number of carbonyl (C=O) groups is 2. The van der Waals surface area contributed by atoms with Gasteiger partial charge in [-0.2, -0.15) is 0 Å². The van der Waals surface area contributed by atoms with Crippen LogP contribution in [-0.4, -0.2) is 34.3 Å². The summed E-state index contributed by atoms with van der Waals surface area (Å²) >= 11 is 0. The fraction of sp³-hybridized carbons (Fsp3) is 0.500. The second kappa shape index (κ2) is 5.27. The summed E-state index contributed by atoms with van der Waals surface area (Å²) in [5.41, 5.74) is 2.19. The van der Waals surface area contributed by atoms with Crippen molar-refractivity contribution >= 4 is 11.9 Å². The number of urea groups is 1. The smallest absolute Gasteiger partial charge is 0.312 e. The lowest BCUT2D eigenvalue weighted by Gasteiger charge is -2.23. The van der Waals surface area contributed by atoms with Crippen LogP contribution in [-0.2, 0) is 11.3 Å². The minimum Gasteiger partial charge on any atom is -0.312 e. The summed E-state index contributed by atoms with van der Waals surface area (Å²) < 4.78 is 0. The Hall–Kier alpha value is -1.84. The molecule has 1 heterocycles. The molecule has 2 fully saturated rings. The van der Waals surface area contributed by atoms with Gasteiger partial charge in [0, 0.05) is 6.04 Å². The highest BCUT2D eigenvalue weighted by Gasteiger charge is 2.40. The van der Waals surface area contributed by atoms with Crippen molar-refractivity contribution < 1.29 is 9.59 Å². The number of hydrogen-bond donors (Lipinski definition) is 0. The summed E-state index contributed by atoms with van der Waals surface area (Å²) in [7, 11) is 0. The maximum atomic E-state index is 12.4. The Balaban J connectivity index is 1.71. The molecule has 0 aromatic heterocycles. The van der Waals surface area contributed by atoms with E-state index in [1.165, 1.54) is 23.3 Å². The molecule has 4 heteroatoms. The number of benzene rings is 1. The minimum atomic E-state index is -0.109. The number of aryl methyl sites for hydroxylation is 1. The number of nitrogens with zero attached hydrogens (tertiary/aromatic N) is 2. The van der Waals surface area contributed by atoms with Crippen LogP contribution in [0.1, 0.15) is 36.8 Å². The second-order valence-electron chi connectivity index (χ2n) is 5.81. The Kier molecular flexibility index (Phi) is 3.47. The molecule has 1 saturated carbocycles. The maximum Gasteiger partial charge on any atom is 0.327 e. The van der Waals surface area contributed by atoms with Gasteiger partial charge in [0.05, 0.1) is 6.54 Å². The fourth-order valence-electron chi connectivity index (χ4n) is 3.09. The van der Waals surface area contributed by atoms with E-state index in [9.17, 15) is 9.59 Å². The van der Waals surface area contributed by atoms with Crippen LogP contribution < -0.4 is 0 Å². The van der Waals surface area contributed by atoms with Crippen LogP contribution in [0.5, 0.6) is 0 Å². The molecule has 2 aliphatic rings. The SMILES string of the molecule is Cc1ccc(CN2C(=O)CN(C3CCCC3)C2=O)cc1. The van der Waals surface area contributed by atoms with Gasteiger partial charge in [-0.25, -0.2) is 4.79 Å². The zero-order valence-corrected chi connectivity index (χ0v) is 11.8. The van der Waals surface area contributed by atoms with E-state index in [4.69, 9.17) is 0 Å². The monoisotopic (exact) mass is 272 g/mol. The van der Waals surface area contributed by atoms with Gasteiger partial charge in [-0.3, -0.25) is 9.69 Å². The first-order valence-corrected chi connectivity index (χ1v) is 7.31. The number of hydrogen-bond acceptors (Lipinski definition) is 2. The van der Waals surface area contributed by atoms with E-state index in [1.54, 1.807) is 4.90 Å². The molecule has 3 rings (SSSR count). The zero-order chi connectivity index (χ0) is 14.1. The van der Waals surface area contributed by atoms with Crippen LogP contribution in [0.4, 0.5) is 4.79 Å². The van der Waals surface area contributed by atoms with Crippen molar-refractivity contribution in [1.29, 1.82) is 0 Å². The highest BCUT2D eigenvalue weighted by Crippen LogP contribution is 2.27. The summed E-state index contributed by atoms with van der Waals surface area (Å²) in [5.74, 6) is -0.0672. The molecule has 0 N–H and O–H groups in total. The quantitative estimate of drug-likeness (QED) is 0.794. The second-order valence-corrected chi connectivity index (χ2v) is 5.81. The first-order valence-electron chi connectivity index (χ1n) is 7.31. The first kappa shape index (κ1) is 13.2. The van der Waals surface area contributed by atoms with Crippen molar-refractivity contribution in [2.45, 2.75) is 45.2 Å². The molecular weight excluding hydrogens is 252 g/mol. The van der Waals surface area contributed by atoms with Crippen LogP contribution in [0.3, 0.4) is 0 Å². The van der Waals surface area contributed by atoms with Gasteiger partial charge >= 0.3 is 6.03 Å². The Morgan fingerprint density at radius 2 is 1.75 bits per heavy atom. The maximum absolute atomic E-state index is 12.4. The average molecular weight is 272 g/mol. The number of amides is 3. The van der Waals surface area contributed by atoms with Gasteiger partial charge in [0.2, 0.25) is 0 Å². The lowest BCUT2D eigenvalue weighted by atomic mass is 10.1. The fourth-order valence-corrected chi connectivity index (χ4v) is 3.09. The molecular formula is C16H20N2O2. The van der Waals surface area contributed by atoms with E-state index < -0.39 is 0 Å². The van der Waals surface area contributed by atoms with Crippen LogP contribution in [0.2, 0.25) is 0 Å². The normalized spacial score (nSPS) is 20.2. The molecule has 3 amide bonds. The molecule has 20 heavy (non-hydrogen) atoms. The average Bonchev–Trinajstić information content (AvgIpc) is 3.04. The Bertz CT molecular complexity index is 518. The van der Waals surface area contributed by atoms with Gasteiger partial charge in [0.15, 0.2) is 0 Å². The summed E-state index contributed by atoms with van der Waals surface area (Å²) in [6, 6.07) is 8.14. The minimum absolute atomic E-state index is 0.0672. The number of carbonyl (C=O) groups excluding carboxylic acids is 2. The zero-order valence-electron chi connectivity index (χ0n) is 11.8. The van der Waals surface area contributed by atoms with E-state index in [0.29, 0.717) is 6.54 Å². The van der Waals surface area contributed by atoms with Gasteiger partial charge in [0.1, 0.15) is 6.54 Å². The molecule has 4 nitrogen and oxygen atoms in total. The van der Waals surface area contributed by atoms with Crippen LogP contribution in [0.25, 0.3) is 0 Å². The highest BCUT2D eigenvalue weighted by atomic mass is 16.2. The van der Waals surface area contributed by atoms with Crippen LogP contribution in [0.15, 0.2) is 24.3 Å². The molecule has 0 radical (unpaired) electrons. The third-order valence-corrected chi connectivity index (χ3v) is 4.31. The van der Waals surface area contributed by atoms with Gasteiger partial charge in [-0.05, 0) is 25.3 Å². The standard InChI is InChI=1S/C16H20N2O2/c1-12-6-8-13(9-7-12)10-18-15(19)11-17(16(18)20)14-4-2-3-5-14/h6-9,14H,2-5,10-11H2,1H3. The van der Waals surface area contributed by atoms with Gasteiger partial charge in [0.25, 0.3) is 5.91 Å². The van der Waals surface area contributed by atoms with Crippen molar-refractivity contribution in [2.24, 2.45) is 0 Å². The van der Waals surface area contributed by atoms with Gasteiger partial charge in [-0.15, -0.1) is 0 Å². The summed E-state index contributed by atoms with van der Waals surface area (Å²) in [6.45, 7) is 2.67. The largest absolute Gasteiger partial charge is 0.327 e. The summed E-state index contributed by atoms with van der Waals surface area (Å²) in [6.07, 6.45) is 4.41. The lowest BCUT2D eigenvalue weighted by Crippen LogP contribution is -2.37. The third-order valence-electron chi connectivity index (χ3n) is 4.31. The van der Waals surface area contributed by atoms with E-state index in [0.717, 1.165) is 18.4 Å². The Morgan fingerprint density at radius 1 is 1.10 bits per heavy atom. The third kappa shape index (κ3) is 2.42. The topological polar surface area (TPSA) is 40.6 Å². The summed E-state index contributed by atoms with van der Waals surface area (Å²) in [4.78, 5) is 27.7. The molecule has 1 aromatic carbocycles. The molecule has 106 valence electrons. The Labute approximate surface area is 119 Å². The molecule has 1 aromatic rings. The van der Waals surface area contributed by atoms with Gasteiger partial charge < -0.3 is 4.90 Å². The lowest BCUT2D eigenvalue weighted by molar-refractivity contribution is -0.125. The van der Waals surface area contributed by atoms with Gasteiger partial charge in [-0.1, -0.05) is 42.7 Å². The van der Waals surface area contributed by atoms with Crippen LogP contribution >= 0.6 is 0 Å². The summed E-state index contributed by atoms with van der Waals surface area (Å²) in [5, 5.41) is 0. The number of rotatable bonds is 3. The van der Waals surface area contributed by atoms with Crippen LogP contribution in [0, 0.1) is 6.92 Å². The van der Waals surface area contributed by atoms with Crippen molar-refractivity contribution in [3.8, 4) is 0 Å². The highest BCUT2D eigenvalue weighted by molar-refractivity contribution is 6.02. The van der Waals surface area contributed by atoms with E-state index in [2.05, 4.69) is 0 Å². The molecule has 0 bridgehead atoms. The molecule has 0 unspecified atom stereocenters.